The third-order valence-electron chi connectivity index (χ3n) is 2.24. The Labute approximate surface area is 76.4 Å². The molecule has 1 aliphatic rings. The number of rotatable bonds is 2. The van der Waals surface area contributed by atoms with E-state index in [0.717, 1.165) is 5.92 Å². The van der Waals surface area contributed by atoms with Gasteiger partial charge in [-0.3, -0.25) is 0 Å². The first-order valence-electron chi connectivity index (χ1n) is 5.12. The number of hydrogen-bond donors (Lipinski definition) is 0. The van der Waals surface area contributed by atoms with Gasteiger partial charge in [-0.25, -0.2) is 0 Å². The van der Waals surface area contributed by atoms with E-state index in [1.54, 1.807) is 5.57 Å². The minimum Gasteiger partial charge on any atom is -0.0882 e. The van der Waals surface area contributed by atoms with Gasteiger partial charge < -0.3 is 0 Å². The molecule has 0 unspecified atom stereocenters. The van der Waals surface area contributed by atoms with Crippen molar-refractivity contribution in [2.45, 2.75) is 46.0 Å². The predicted octanol–water partition coefficient (Wildman–Crippen LogP) is 4.09. The van der Waals surface area contributed by atoms with Crippen molar-refractivity contribution >= 4 is 0 Å². The van der Waals surface area contributed by atoms with Crippen molar-refractivity contribution in [2.75, 3.05) is 0 Å². The van der Waals surface area contributed by atoms with Gasteiger partial charge in [-0.15, -0.1) is 0 Å². The van der Waals surface area contributed by atoms with Crippen LogP contribution in [0.3, 0.4) is 0 Å². The van der Waals surface area contributed by atoms with Gasteiger partial charge in [0, 0.05) is 0 Å². The largest absolute Gasteiger partial charge is 0.0882 e. The number of hydrogen-bond acceptors (Lipinski definition) is 0. The zero-order valence-electron chi connectivity index (χ0n) is 8.34. The summed E-state index contributed by atoms with van der Waals surface area (Å²) < 4.78 is 0. The molecule has 1 rings (SSSR count). The van der Waals surface area contributed by atoms with Crippen molar-refractivity contribution in [3.63, 3.8) is 0 Å². The molecule has 0 N–H and O–H groups in total. The summed E-state index contributed by atoms with van der Waals surface area (Å²) in [5.74, 6) is 0.819. The van der Waals surface area contributed by atoms with E-state index in [2.05, 4.69) is 32.1 Å². The van der Waals surface area contributed by atoms with Gasteiger partial charge in [0.1, 0.15) is 0 Å². The van der Waals surface area contributed by atoms with E-state index in [1.165, 1.54) is 32.1 Å². The Hall–Kier alpha value is -0.520. The first kappa shape index (κ1) is 9.57. The predicted molar refractivity (Wildman–Crippen MR) is 55.1 cm³/mol. The minimum absolute atomic E-state index is 0.819. The zero-order valence-corrected chi connectivity index (χ0v) is 8.34. The maximum Gasteiger partial charge on any atom is -0.0285 e. The highest BCUT2D eigenvalue weighted by molar-refractivity contribution is 5.06. The summed E-state index contributed by atoms with van der Waals surface area (Å²) in [6.07, 6.45) is 13.4. The quantitative estimate of drug-likeness (QED) is 0.539. The topological polar surface area (TPSA) is 0 Å². The SMILES string of the molecule is CC(C)CC1=CCCC=CCC1. The van der Waals surface area contributed by atoms with Crippen LogP contribution in [0.1, 0.15) is 46.0 Å². The lowest BCUT2D eigenvalue weighted by molar-refractivity contribution is 0.621. The summed E-state index contributed by atoms with van der Waals surface area (Å²) in [4.78, 5) is 0. The Morgan fingerprint density at radius 2 is 1.92 bits per heavy atom. The van der Waals surface area contributed by atoms with Crippen LogP contribution in [0.2, 0.25) is 0 Å². The summed E-state index contributed by atoms with van der Waals surface area (Å²) in [6.45, 7) is 4.60. The lowest BCUT2D eigenvalue weighted by atomic mass is 9.96. The molecule has 12 heavy (non-hydrogen) atoms. The maximum atomic E-state index is 2.45. The van der Waals surface area contributed by atoms with Crippen LogP contribution in [0.5, 0.6) is 0 Å². The molecule has 0 bridgehead atoms. The fourth-order valence-corrected chi connectivity index (χ4v) is 1.70. The fourth-order valence-electron chi connectivity index (χ4n) is 1.70. The van der Waals surface area contributed by atoms with Crippen LogP contribution in [0.4, 0.5) is 0 Å². The molecule has 0 spiro atoms. The minimum atomic E-state index is 0.819. The Morgan fingerprint density at radius 3 is 2.67 bits per heavy atom. The Bertz CT molecular complexity index is 172. The summed E-state index contributed by atoms with van der Waals surface area (Å²) in [5.41, 5.74) is 1.68. The van der Waals surface area contributed by atoms with Crippen LogP contribution in [0.25, 0.3) is 0 Å². The normalized spacial score (nSPS) is 18.8. The molecule has 0 amide bonds. The van der Waals surface area contributed by atoms with Gasteiger partial charge >= 0.3 is 0 Å². The molecule has 0 saturated carbocycles. The van der Waals surface area contributed by atoms with Gasteiger partial charge in [-0.1, -0.05) is 37.6 Å². The van der Waals surface area contributed by atoms with Gasteiger partial charge in [-0.05, 0) is 38.0 Å². The standard InChI is InChI=1S/C12H20/c1-11(2)10-12-8-6-4-3-5-7-9-12/h3-4,9,11H,5-8,10H2,1-2H3. The molecule has 1 aliphatic carbocycles. The second-order valence-corrected chi connectivity index (χ2v) is 4.05. The summed E-state index contributed by atoms with van der Waals surface area (Å²) in [5, 5.41) is 0. The summed E-state index contributed by atoms with van der Waals surface area (Å²) >= 11 is 0. The molecule has 0 saturated heterocycles. The van der Waals surface area contributed by atoms with E-state index in [1.807, 2.05) is 0 Å². The van der Waals surface area contributed by atoms with Crippen LogP contribution in [0.15, 0.2) is 23.8 Å². The van der Waals surface area contributed by atoms with Gasteiger partial charge in [0.15, 0.2) is 0 Å². The molecule has 0 atom stereocenters. The molecule has 0 heterocycles. The van der Waals surface area contributed by atoms with Crippen molar-refractivity contribution < 1.29 is 0 Å². The van der Waals surface area contributed by atoms with Crippen LogP contribution in [-0.2, 0) is 0 Å². The zero-order chi connectivity index (χ0) is 8.81. The second kappa shape index (κ2) is 5.18. The average Bonchev–Trinajstić information content (AvgIpc) is 1.93. The van der Waals surface area contributed by atoms with E-state index < -0.39 is 0 Å². The van der Waals surface area contributed by atoms with E-state index >= 15 is 0 Å². The highest BCUT2D eigenvalue weighted by Gasteiger charge is 2.01. The molecule has 68 valence electrons. The van der Waals surface area contributed by atoms with Crippen molar-refractivity contribution in [1.82, 2.24) is 0 Å². The Morgan fingerprint density at radius 1 is 1.17 bits per heavy atom. The van der Waals surface area contributed by atoms with Crippen molar-refractivity contribution in [3.05, 3.63) is 23.8 Å². The summed E-state index contributed by atoms with van der Waals surface area (Å²) in [6, 6.07) is 0. The monoisotopic (exact) mass is 164 g/mol. The third-order valence-corrected chi connectivity index (χ3v) is 2.24. The van der Waals surface area contributed by atoms with Gasteiger partial charge in [-0.2, -0.15) is 0 Å². The van der Waals surface area contributed by atoms with Crippen LogP contribution in [-0.4, -0.2) is 0 Å². The molecule has 0 aromatic heterocycles. The number of allylic oxidation sites excluding steroid dienone is 4. The molecule has 0 nitrogen and oxygen atoms in total. The molecule has 0 fully saturated rings. The van der Waals surface area contributed by atoms with Crippen molar-refractivity contribution in [3.8, 4) is 0 Å². The molecule has 0 radical (unpaired) electrons. The fraction of sp³-hybridized carbons (Fsp3) is 0.667. The first-order chi connectivity index (χ1) is 5.79. The van der Waals surface area contributed by atoms with Crippen molar-refractivity contribution in [1.29, 1.82) is 0 Å². The van der Waals surface area contributed by atoms with Gasteiger partial charge in [0.05, 0.1) is 0 Å². The van der Waals surface area contributed by atoms with Crippen LogP contribution < -0.4 is 0 Å². The van der Waals surface area contributed by atoms with E-state index in [4.69, 9.17) is 0 Å². The average molecular weight is 164 g/mol. The van der Waals surface area contributed by atoms with Crippen molar-refractivity contribution in [2.24, 2.45) is 5.92 Å². The van der Waals surface area contributed by atoms with E-state index in [0.29, 0.717) is 0 Å². The van der Waals surface area contributed by atoms with Crippen LogP contribution in [0, 0.1) is 5.92 Å². The molecule has 0 aromatic carbocycles. The first-order valence-corrected chi connectivity index (χ1v) is 5.12. The molecule has 0 heteroatoms. The third kappa shape index (κ3) is 3.75. The summed E-state index contributed by atoms with van der Waals surface area (Å²) in [7, 11) is 0. The smallest absolute Gasteiger partial charge is 0.0285 e. The van der Waals surface area contributed by atoms with Gasteiger partial charge in [0.2, 0.25) is 0 Å². The molecule has 0 aromatic rings. The Balaban J connectivity index is 2.40. The lowest BCUT2D eigenvalue weighted by Gasteiger charge is -2.10. The highest BCUT2D eigenvalue weighted by Crippen LogP contribution is 2.19. The van der Waals surface area contributed by atoms with Crippen LogP contribution >= 0.6 is 0 Å². The van der Waals surface area contributed by atoms with Gasteiger partial charge in [0.25, 0.3) is 0 Å². The second-order valence-electron chi connectivity index (χ2n) is 4.05. The molecule has 0 aliphatic heterocycles. The maximum absolute atomic E-state index is 2.45. The highest BCUT2D eigenvalue weighted by atomic mass is 14.1. The molecular formula is C12H20. The van der Waals surface area contributed by atoms with E-state index in [-0.39, 0.29) is 0 Å². The lowest BCUT2D eigenvalue weighted by Crippen LogP contribution is -1.93. The molecular weight excluding hydrogens is 144 g/mol. The van der Waals surface area contributed by atoms with E-state index in [9.17, 15) is 0 Å². The Kier molecular flexibility index (Phi) is 4.13.